The molecule has 1 amide bonds. The van der Waals surface area contributed by atoms with E-state index in [0.717, 1.165) is 5.56 Å². The largest absolute Gasteiger partial charge is 0.507 e. The lowest BCUT2D eigenvalue weighted by Gasteiger charge is -2.26. The van der Waals surface area contributed by atoms with E-state index in [1.54, 1.807) is 12.1 Å². The summed E-state index contributed by atoms with van der Waals surface area (Å²) < 4.78 is 24.2. The molecule has 3 aromatic carbocycles. The summed E-state index contributed by atoms with van der Waals surface area (Å²) in [4.78, 5) is 27.7. The third kappa shape index (κ3) is 3.99. The van der Waals surface area contributed by atoms with Gasteiger partial charge in [0, 0.05) is 11.8 Å². The van der Waals surface area contributed by atoms with Crippen molar-refractivity contribution >= 4 is 34.7 Å². The van der Waals surface area contributed by atoms with Gasteiger partial charge >= 0.3 is 0 Å². The molecule has 1 heterocycles. The molecular formula is C26H21ClFNO5. The minimum absolute atomic E-state index is 0.136. The zero-order valence-corrected chi connectivity index (χ0v) is 19.4. The van der Waals surface area contributed by atoms with Gasteiger partial charge in [0.2, 0.25) is 0 Å². The summed E-state index contributed by atoms with van der Waals surface area (Å²) in [5.41, 5.74) is 1.81. The second-order valence-corrected chi connectivity index (χ2v) is 8.15. The van der Waals surface area contributed by atoms with Gasteiger partial charge in [-0.05, 0) is 42.8 Å². The number of aryl methyl sites for hydroxylation is 1. The Hall–Kier alpha value is -3.84. The van der Waals surface area contributed by atoms with Crippen LogP contribution in [-0.2, 0) is 9.59 Å². The highest BCUT2D eigenvalue weighted by Crippen LogP contribution is 2.44. The van der Waals surface area contributed by atoms with Crippen molar-refractivity contribution in [3.8, 4) is 11.5 Å². The summed E-state index contributed by atoms with van der Waals surface area (Å²) in [5, 5.41) is 11.6. The first-order valence-corrected chi connectivity index (χ1v) is 10.7. The van der Waals surface area contributed by atoms with Crippen molar-refractivity contribution in [3.05, 3.63) is 93.8 Å². The van der Waals surface area contributed by atoms with E-state index in [4.69, 9.17) is 21.1 Å². The van der Waals surface area contributed by atoms with E-state index in [1.807, 2.05) is 19.1 Å². The Bertz CT molecular complexity index is 1320. The second-order valence-electron chi connectivity index (χ2n) is 7.75. The van der Waals surface area contributed by atoms with Crippen LogP contribution in [0.4, 0.5) is 10.1 Å². The van der Waals surface area contributed by atoms with Crippen molar-refractivity contribution in [2.24, 2.45) is 0 Å². The smallest absolute Gasteiger partial charge is 0.300 e. The van der Waals surface area contributed by atoms with Crippen LogP contribution >= 0.6 is 11.6 Å². The standard InChI is InChI=1S/C26H21ClFNO5/c1-14-5-4-6-15(11-14)23-22(24(30)18-12-21(34-3)19(27)13-20(18)33-2)25(31)26(32)29(23)17-9-7-16(28)8-10-17/h4-13,23,30H,1-3H3/b24-22+. The molecule has 1 N–H and O–H groups in total. The van der Waals surface area contributed by atoms with Gasteiger partial charge in [-0.15, -0.1) is 0 Å². The van der Waals surface area contributed by atoms with Crippen LogP contribution in [0.5, 0.6) is 11.5 Å². The molecule has 1 atom stereocenters. The van der Waals surface area contributed by atoms with E-state index in [1.165, 1.54) is 55.5 Å². The molecular weight excluding hydrogens is 461 g/mol. The van der Waals surface area contributed by atoms with E-state index in [0.29, 0.717) is 11.3 Å². The lowest BCUT2D eigenvalue weighted by Crippen LogP contribution is -2.29. The lowest BCUT2D eigenvalue weighted by atomic mass is 9.94. The fraction of sp³-hybridized carbons (Fsp3) is 0.154. The number of rotatable bonds is 5. The third-order valence-electron chi connectivity index (χ3n) is 5.64. The topological polar surface area (TPSA) is 76.1 Å². The summed E-state index contributed by atoms with van der Waals surface area (Å²) in [5.74, 6) is -2.21. The van der Waals surface area contributed by atoms with Gasteiger partial charge in [0.15, 0.2) is 0 Å². The SMILES string of the molecule is COc1cc(/C(O)=C2\C(=O)C(=O)N(c3ccc(F)cc3)C2c2cccc(C)c2)c(OC)cc1Cl. The maximum Gasteiger partial charge on any atom is 0.300 e. The minimum atomic E-state index is -0.961. The molecule has 34 heavy (non-hydrogen) atoms. The molecule has 0 aromatic heterocycles. The van der Waals surface area contributed by atoms with Crippen molar-refractivity contribution in [1.29, 1.82) is 0 Å². The fourth-order valence-electron chi connectivity index (χ4n) is 4.05. The average molecular weight is 482 g/mol. The number of hydrogen-bond donors (Lipinski definition) is 1. The molecule has 6 nitrogen and oxygen atoms in total. The van der Waals surface area contributed by atoms with E-state index < -0.39 is 29.3 Å². The van der Waals surface area contributed by atoms with E-state index >= 15 is 0 Å². The number of methoxy groups -OCH3 is 2. The first-order chi connectivity index (χ1) is 16.3. The number of anilines is 1. The molecule has 174 valence electrons. The highest BCUT2D eigenvalue weighted by atomic mass is 35.5. The monoisotopic (exact) mass is 481 g/mol. The number of benzene rings is 3. The fourth-order valence-corrected chi connectivity index (χ4v) is 4.28. The van der Waals surface area contributed by atoms with Gasteiger partial charge in [0.05, 0.1) is 36.4 Å². The molecule has 1 unspecified atom stereocenters. The van der Waals surface area contributed by atoms with E-state index in [9.17, 15) is 19.1 Å². The number of nitrogens with zero attached hydrogens (tertiary/aromatic N) is 1. The molecule has 0 bridgehead atoms. The predicted octanol–water partition coefficient (Wildman–Crippen LogP) is 5.43. The van der Waals surface area contributed by atoms with Gasteiger partial charge in [0.25, 0.3) is 11.7 Å². The maximum atomic E-state index is 13.6. The number of Topliss-reactive ketones (excluding diaryl/α,β-unsaturated/α-hetero) is 1. The highest BCUT2D eigenvalue weighted by Gasteiger charge is 2.47. The summed E-state index contributed by atoms with van der Waals surface area (Å²) >= 11 is 6.19. The van der Waals surface area contributed by atoms with Crippen LogP contribution in [0.1, 0.15) is 22.7 Å². The first-order valence-electron chi connectivity index (χ1n) is 10.3. The van der Waals surface area contributed by atoms with Crippen molar-refractivity contribution in [2.75, 3.05) is 19.1 Å². The molecule has 1 fully saturated rings. The van der Waals surface area contributed by atoms with Crippen LogP contribution in [0.3, 0.4) is 0 Å². The Kier molecular flexibility index (Phi) is 6.30. The van der Waals surface area contributed by atoms with E-state index in [2.05, 4.69) is 0 Å². The van der Waals surface area contributed by atoms with Crippen molar-refractivity contribution < 1.29 is 28.6 Å². The number of ether oxygens (including phenoxy) is 2. The van der Waals surface area contributed by atoms with Crippen LogP contribution in [0, 0.1) is 12.7 Å². The number of carbonyl (C=O) groups is 2. The Balaban J connectivity index is 2.00. The van der Waals surface area contributed by atoms with Gasteiger partial charge in [-0.2, -0.15) is 0 Å². The van der Waals surface area contributed by atoms with Crippen molar-refractivity contribution in [1.82, 2.24) is 0 Å². The van der Waals surface area contributed by atoms with Crippen LogP contribution in [0.25, 0.3) is 5.76 Å². The normalized spacial score (nSPS) is 17.2. The Morgan fingerprint density at radius 2 is 1.68 bits per heavy atom. The summed E-state index contributed by atoms with van der Waals surface area (Å²) in [6, 6.07) is 14.4. The van der Waals surface area contributed by atoms with Gasteiger partial charge in [-0.25, -0.2) is 4.39 Å². The van der Waals surface area contributed by atoms with Gasteiger partial charge in [-0.3, -0.25) is 14.5 Å². The summed E-state index contributed by atoms with van der Waals surface area (Å²) in [7, 11) is 2.81. The average Bonchev–Trinajstić information content (AvgIpc) is 3.09. The highest BCUT2D eigenvalue weighted by molar-refractivity contribution is 6.51. The zero-order chi connectivity index (χ0) is 24.6. The molecule has 0 aliphatic carbocycles. The van der Waals surface area contributed by atoms with Gasteiger partial charge in [-0.1, -0.05) is 41.4 Å². The molecule has 8 heteroatoms. The summed E-state index contributed by atoms with van der Waals surface area (Å²) in [6.45, 7) is 1.88. The number of halogens is 2. The van der Waals surface area contributed by atoms with Crippen molar-refractivity contribution in [3.63, 3.8) is 0 Å². The van der Waals surface area contributed by atoms with Crippen LogP contribution in [0.15, 0.2) is 66.2 Å². The molecule has 1 aliphatic heterocycles. The van der Waals surface area contributed by atoms with Crippen LogP contribution in [-0.4, -0.2) is 31.0 Å². The molecule has 3 aromatic rings. The summed E-state index contributed by atoms with van der Waals surface area (Å²) in [6.07, 6.45) is 0. The van der Waals surface area contributed by atoms with Crippen molar-refractivity contribution in [2.45, 2.75) is 13.0 Å². The first kappa shape index (κ1) is 23.3. The zero-order valence-electron chi connectivity index (χ0n) is 18.6. The molecule has 1 saturated heterocycles. The molecule has 0 saturated carbocycles. The Morgan fingerprint density at radius 1 is 1.00 bits per heavy atom. The predicted molar refractivity (Wildman–Crippen MR) is 127 cm³/mol. The van der Waals surface area contributed by atoms with Gasteiger partial charge in [0.1, 0.15) is 23.1 Å². The number of aliphatic hydroxyl groups is 1. The van der Waals surface area contributed by atoms with Gasteiger partial charge < -0.3 is 14.6 Å². The number of amides is 1. The maximum absolute atomic E-state index is 13.6. The molecule has 0 radical (unpaired) electrons. The number of aliphatic hydroxyl groups excluding tert-OH is 1. The molecule has 1 aliphatic rings. The molecule has 0 spiro atoms. The van der Waals surface area contributed by atoms with Crippen LogP contribution in [0.2, 0.25) is 5.02 Å². The number of ketones is 1. The second kappa shape index (κ2) is 9.19. The third-order valence-corrected chi connectivity index (χ3v) is 5.93. The minimum Gasteiger partial charge on any atom is -0.507 e. The number of hydrogen-bond acceptors (Lipinski definition) is 5. The Labute approximate surface area is 200 Å². The lowest BCUT2D eigenvalue weighted by molar-refractivity contribution is -0.132. The number of carbonyl (C=O) groups excluding carboxylic acids is 2. The molecule has 4 rings (SSSR count). The van der Waals surface area contributed by atoms with E-state index in [-0.39, 0.29) is 27.7 Å². The quantitative estimate of drug-likeness (QED) is 0.299. The van der Waals surface area contributed by atoms with Crippen LogP contribution < -0.4 is 14.4 Å². The Morgan fingerprint density at radius 3 is 2.29 bits per heavy atom.